The van der Waals surface area contributed by atoms with Gasteiger partial charge in [-0.05, 0) is 45.1 Å². The smallest absolute Gasteiger partial charge is 0.410 e. The summed E-state index contributed by atoms with van der Waals surface area (Å²) < 4.78 is 5.25. The zero-order valence-electron chi connectivity index (χ0n) is 18.7. The number of rotatable bonds is 2. The van der Waals surface area contributed by atoms with E-state index in [2.05, 4.69) is 33.2 Å². The minimum absolute atomic E-state index is 0. The summed E-state index contributed by atoms with van der Waals surface area (Å²) in [5, 5.41) is 6.02. The number of alkyl halides is 1. The molecule has 0 bridgehead atoms. The predicted octanol–water partition coefficient (Wildman–Crippen LogP) is 2.43. The Morgan fingerprint density at radius 1 is 1.17 bits per heavy atom. The second-order valence-electron chi connectivity index (χ2n) is 7.89. The summed E-state index contributed by atoms with van der Waals surface area (Å²) >= 11 is 2.15. The highest BCUT2D eigenvalue weighted by Gasteiger charge is 2.29. The van der Waals surface area contributed by atoms with Gasteiger partial charge in [-0.3, -0.25) is 9.59 Å². The highest BCUT2D eigenvalue weighted by Crippen LogP contribution is 2.15. The lowest BCUT2D eigenvalue weighted by molar-refractivity contribution is -0.129. The van der Waals surface area contributed by atoms with Crippen molar-refractivity contribution < 1.29 is 19.1 Å². The first-order chi connectivity index (χ1) is 13.0. The first-order valence-corrected chi connectivity index (χ1v) is 11.7. The van der Waals surface area contributed by atoms with Crippen LogP contribution in [-0.2, 0) is 14.3 Å². The summed E-state index contributed by atoms with van der Waals surface area (Å²) in [7, 11) is 1.86. The van der Waals surface area contributed by atoms with Crippen LogP contribution in [-0.4, -0.2) is 83.5 Å². The van der Waals surface area contributed by atoms with Crippen LogP contribution in [0.5, 0.6) is 0 Å². The van der Waals surface area contributed by atoms with E-state index in [1.54, 1.807) is 16.7 Å². The Bertz CT molecular complexity index is 511. The lowest BCUT2D eigenvalue weighted by Crippen LogP contribution is -2.39. The maximum atomic E-state index is 11.7. The predicted molar refractivity (Wildman–Crippen MR) is 127 cm³/mol. The summed E-state index contributed by atoms with van der Waals surface area (Å²) in [4.78, 5) is 38.8. The average molecular weight is 549 g/mol. The van der Waals surface area contributed by atoms with Crippen LogP contribution in [0.2, 0.25) is 0 Å². The molecule has 2 heterocycles. The number of halogens is 2. The van der Waals surface area contributed by atoms with Crippen molar-refractivity contribution in [2.24, 2.45) is 0 Å². The normalized spacial score (nSPS) is 20.2. The maximum absolute atomic E-state index is 11.7. The number of carbonyl (C=O) groups is 3. The van der Waals surface area contributed by atoms with Crippen molar-refractivity contribution in [3.63, 3.8) is 0 Å². The summed E-state index contributed by atoms with van der Waals surface area (Å²) in [5.41, 5.74) is -0.469. The molecule has 2 rings (SSSR count). The molecule has 2 N–H and O–H groups in total. The molecule has 3 amide bonds. The van der Waals surface area contributed by atoms with Crippen molar-refractivity contribution in [2.45, 2.75) is 65.1 Å². The van der Waals surface area contributed by atoms with Crippen LogP contribution >= 0.6 is 35.0 Å². The molecule has 8 nitrogen and oxygen atoms in total. The van der Waals surface area contributed by atoms with Crippen molar-refractivity contribution in [1.82, 2.24) is 20.4 Å². The quantitative estimate of drug-likeness (QED) is 0.409. The molecule has 0 aromatic rings. The number of hydrogen-bond donors (Lipinski definition) is 2. The van der Waals surface area contributed by atoms with Crippen LogP contribution in [0.15, 0.2) is 0 Å². The van der Waals surface area contributed by atoms with E-state index in [4.69, 9.17) is 4.74 Å². The molecular weight excluding hydrogens is 511 g/mol. The van der Waals surface area contributed by atoms with E-state index in [0.717, 1.165) is 25.9 Å². The van der Waals surface area contributed by atoms with E-state index >= 15 is 0 Å². The topological polar surface area (TPSA) is 91.0 Å². The van der Waals surface area contributed by atoms with Crippen molar-refractivity contribution in [1.29, 1.82) is 0 Å². The first-order valence-electron chi connectivity index (χ1n) is 9.56. The molecule has 0 aromatic heterocycles. The fourth-order valence-corrected chi connectivity index (χ4v) is 2.88. The highest BCUT2D eigenvalue weighted by atomic mass is 127. The molecule has 2 aliphatic heterocycles. The summed E-state index contributed by atoms with van der Waals surface area (Å²) in [6, 6.07) is 0.488. The van der Waals surface area contributed by atoms with Gasteiger partial charge in [0.25, 0.3) is 0 Å². The van der Waals surface area contributed by atoms with Crippen LogP contribution < -0.4 is 10.6 Å². The third-order valence-corrected chi connectivity index (χ3v) is 4.33. The van der Waals surface area contributed by atoms with Crippen LogP contribution in [0.25, 0.3) is 0 Å². The van der Waals surface area contributed by atoms with E-state index in [0.29, 0.717) is 19.1 Å². The maximum Gasteiger partial charge on any atom is 0.410 e. The molecular formula is C19H38ClIN4O4. The number of hydrogen-bond acceptors (Lipinski definition) is 5. The molecule has 172 valence electrons. The minimum atomic E-state index is -0.469. The molecule has 0 radical (unpaired) electrons. The zero-order valence-corrected chi connectivity index (χ0v) is 21.7. The van der Waals surface area contributed by atoms with Crippen LogP contribution in [0.1, 0.15) is 47.5 Å². The SMILES string of the molecule is CC(=O)N(C)[C@H]1CCNC1.CC(=O)N[C@H]1CCN(C(=O)OC(C)(C)C)C1.CI.Cl. The number of ether oxygens (including phenoxy) is 1. The fourth-order valence-electron chi connectivity index (χ4n) is 2.88. The third kappa shape index (κ3) is 13.2. The number of carbonyl (C=O) groups excluding carboxylic acids is 3. The van der Waals surface area contributed by atoms with Gasteiger partial charge in [0, 0.05) is 52.6 Å². The van der Waals surface area contributed by atoms with Crippen LogP contribution in [0.3, 0.4) is 0 Å². The van der Waals surface area contributed by atoms with Crippen molar-refractivity contribution in [3.05, 3.63) is 0 Å². The molecule has 0 aliphatic carbocycles. The molecule has 2 atom stereocenters. The van der Waals surface area contributed by atoms with Crippen molar-refractivity contribution in [2.75, 3.05) is 38.2 Å². The molecule has 0 aromatic carbocycles. The van der Waals surface area contributed by atoms with Gasteiger partial charge in [-0.15, -0.1) is 12.4 Å². The summed E-state index contributed by atoms with van der Waals surface area (Å²) in [6.45, 7) is 11.8. The number of likely N-dealkylation sites (tertiary alicyclic amines) is 1. The first kappa shape index (κ1) is 30.4. The Hall–Kier alpha value is -0.810. The lowest BCUT2D eigenvalue weighted by Gasteiger charge is -2.24. The number of likely N-dealkylation sites (N-methyl/N-ethyl adjacent to an activating group) is 1. The van der Waals surface area contributed by atoms with Gasteiger partial charge in [0.05, 0.1) is 0 Å². The molecule has 2 fully saturated rings. The number of nitrogens with one attached hydrogen (secondary N) is 2. The second-order valence-corrected chi connectivity index (χ2v) is 7.89. The van der Waals surface area contributed by atoms with Crippen molar-refractivity contribution in [3.8, 4) is 0 Å². The molecule has 29 heavy (non-hydrogen) atoms. The summed E-state index contributed by atoms with van der Waals surface area (Å²) in [5.74, 6) is 0.102. The van der Waals surface area contributed by atoms with Gasteiger partial charge in [0.2, 0.25) is 11.8 Å². The van der Waals surface area contributed by atoms with Crippen LogP contribution in [0.4, 0.5) is 4.79 Å². The van der Waals surface area contributed by atoms with Gasteiger partial charge in [-0.1, -0.05) is 22.6 Å². The standard InChI is InChI=1S/C11H20N2O3.C7H14N2O.CH3I.ClH/c1-8(14)12-9-5-6-13(7-9)10(15)16-11(2,3)4;1-6(10)9(2)7-3-4-8-5-7;1-2;/h9H,5-7H2,1-4H3,(H,12,14);7-8H,3-5H2,1-2H3;1H3;1H/t9-;7-;;/m00../s1. The summed E-state index contributed by atoms with van der Waals surface area (Å²) in [6.07, 6.45) is 1.58. The van der Waals surface area contributed by atoms with Gasteiger partial charge >= 0.3 is 6.09 Å². The van der Waals surface area contributed by atoms with Gasteiger partial charge in [-0.25, -0.2) is 4.79 Å². The van der Waals surface area contributed by atoms with Crippen LogP contribution in [0, 0.1) is 0 Å². The van der Waals surface area contributed by atoms with E-state index < -0.39 is 5.60 Å². The fraction of sp³-hybridized carbons (Fsp3) is 0.842. The zero-order chi connectivity index (χ0) is 21.9. The van der Waals surface area contributed by atoms with E-state index in [1.807, 2.05) is 32.7 Å². The van der Waals surface area contributed by atoms with Gasteiger partial charge in [-0.2, -0.15) is 0 Å². The van der Waals surface area contributed by atoms with E-state index in [-0.39, 0.29) is 36.4 Å². The lowest BCUT2D eigenvalue weighted by atomic mass is 10.2. The Kier molecular flexibility index (Phi) is 15.8. The Balaban J connectivity index is 0. The van der Waals surface area contributed by atoms with E-state index in [1.165, 1.54) is 6.92 Å². The molecule has 0 unspecified atom stereocenters. The Labute approximate surface area is 195 Å². The van der Waals surface area contributed by atoms with E-state index in [9.17, 15) is 14.4 Å². The van der Waals surface area contributed by atoms with Gasteiger partial charge in [0.15, 0.2) is 0 Å². The highest BCUT2D eigenvalue weighted by molar-refractivity contribution is 14.1. The second kappa shape index (κ2) is 15.1. The largest absolute Gasteiger partial charge is 0.444 e. The minimum Gasteiger partial charge on any atom is -0.444 e. The van der Waals surface area contributed by atoms with Gasteiger partial charge < -0.3 is 25.2 Å². The van der Waals surface area contributed by atoms with Crippen molar-refractivity contribution >= 4 is 52.9 Å². The number of amides is 3. The molecule has 10 heteroatoms. The molecule has 2 saturated heterocycles. The average Bonchev–Trinajstić information content (AvgIpc) is 3.26. The van der Waals surface area contributed by atoms with Gasteiger partial charge in [0.1, 0.15) is 5.60 Å². The Morgan fingerprint density at radius 3 is 2.17 bits per heavy atom. The number of nitrogens with zero attached hydrogens (tertiary/aromatic N) is 2. The molecule has 2 aliphatic rings. The molecule has 0 saturated carbocycles. The monoisotopic (exact) mass is 548 g/mol. The third-order valence-electron chi connectivity index (χ3n) is 4.33. The Morgan fingerprint density at radius 2 is 1.76 bits per heavy atom. The molecule has 0 spiro atoms.